The third-order valence-electron chi connectivity index (χ3n) is 3.11. The monoisotopic (exact) mass is 313 g/mol. The van der Waals surface area contributed by atoms with Crippen LogP contribution in [-0.2, 0) is 0 Å². The van der Waals surface area contributed by atoms with Crippen molar-refractivity contribution in [2.24, 2.45) is 0 Å². The minimum Gasteiger partial charge on any atom is -0.315 e. The highest BCUT2D eigenvalue weighted by Gasteiger charge is 2.21. The summed E-state index contributed by atoms with van der Waals surface area (Å²) in [6.07, 6.45) is 7.08. The molecule has 0 aromatic carbocycles. The summed E-state index contributed by atoms with van der Waals surface area (Å²) in [6, 6.07) is 4.76. The van der Waals surface area contributed by atoms with Crippen LogP contribution in [0.4, 0.5) is 0 Å². The predicted molar refractivity (Wildman–Crippen MR) is 67.8 cm³/mol. The van der Waals surface area contributed by atoms with Crippen molar-refractivity contribution < 1.29 is 0 Å². The minimum absolute atomic E-state index is 0.645. The van der Waals surface area contributed by atoms with E-state index in [1.807, 2.05) is 12.3 Å². The van der Waals surface area contributed by atoms with Crippen molar-refractivity contribution in [2.45, 2.75) is 31.7 Å². The van der Waals surface area contributed by atoms with Crippen LogP contribution in [0.1, 0.15) is 31.7 Å². The third kappa shape index (κ3) is 1.55. The summed E-state index contributed by atoms with van der Waals surface area (Å²) in [5.41, 5.74) is 2.07. The molecule has 78 valence electrons. The molecule has 0 atom stereocenters. The van der Waals surface area contributed by atoms with Gasteiger partial charge in [0.25, 0.3) is 0 Å². The molecule has 1 saturated carbocycles. The zero-order valence-electron chi connectivity index (χ0n) is 8.36. The molecule has 1 aliphatic carbocycles. The van der Waals surface area contributed by atoms with E-state index in [1.165, 1.54) is 31.2 Å². The fourth-order valence-corrected chi connectivity index (χ4v) is 3.30. The van der Waals surface area contributed by atoms with Gasteiger partial charge in [-0.05, 0) is 25.0 Å². The number of rotatable bonds is 1. The Hall–Kier alpha value is -0.650. The first-order valence-electron chi connectivity index (χ1n) is 5.35. The molecule has 2 aromatic heterocycles. The average Bonchev–Trinajstić information content (AvgIpc) is 2.82. The van der Waals surface area contributed by atoms with Gasteiger partial charge < -0.3 is 4.57 Å². The Labute approximate surface area is 102 Å². The van der Waals surface area contributed by atoms with Gasteiger partial charge in [-0.15, -0.1) is 0 Å². The third-order valence-corrected chi connectivity index (χ3v) is 3.87. The smallest absolute Gasteiger partial charge is 0.178 e. The highest BCUT2D eigenvalue weighted by atomic mass is 127. The van der Waals surface area contributed by atoms with Gasteiger partial charge in [0.05, 0.1) is 5.52 Å². The van der Waals surface area contributed by atoms with Gasteiger partial charge in [0, 0.05) is 34.8 Å². The maximum atomic E-state index is 4.50. The molecule has 0 aliphatic heterocycles. The van der Waals surface area contributed by atoms with Crippen LogP contribution in [0.2, 0.25) is 0 Å². The van der Waals surface area contributed by atoms with Gasteiger partial charge >= 0.3 is 0 Å². The first kappa shape index (κ1) is 9.57. The average molecular weight is 313 g/mol. The standard InChI is InChI=1S/C11H12IN3/c12-11-14-10-9(6-3-7-13-10)15(11)8-4-1-2-5-8/h3,6-8H,1-2,4-5H2. The fourth-order valence-electron chi connectivity index (χ4n) is 2.41. The summed E-state index contributed by atoms with van der Waals surface area (Å²) < 4.78 is 3.43. The molecule has 1 aliphatic rings. The van der Waals surface area contributed by atoms with Crippen molar-refractivity contribution in [1.82, 2.24) is 14.5 Å². The Morgan fingerprint density at radius 2 is 2.13 bits per heavy atom. The molecule has 0 amide bonds. The van der Waals surface area contributed by atoms with Crippen molar-refractivity contribution in [3.05, 3.63) is 22.2 Å². The second-order valence-electron chi connectivity index (χ2n) is 4.04. The molecule has 2 aromatic rings. The summed E-state index contributed by atoms with van der Waals surface area (Å²) in [5, 5.41) is 0. The first-order chi connectivity index (χ1) is 7.36. The Morgan fingerprint density at radius 1 is 1.33 bits per heavy atom. The number of hydrogen-bond acceptors (Lipinski definition) is 2. The molecule has 0 N–H and O–H groups in total. The summed E-state index contributed by atoms with van der Waals surface area (Å²) in [6.45, 7) is 0. The molecule has 1 fully saturated rings. The Bertz CT molecular complexity index is 486. The van der Waals surface area contributed by atoms with Crippen molar-refractivity contribution >= 4 is 33.8 Å². The Kier molecular flexibility index (Phi) is 2.38. The summed E-state index contributed by atoms with van der Waals surface area (Å²) in [5.74, 6) is 0. The molecule has 0 bridgehead atoms. The highest BCUT2D eigenvalue weighted by Crippen LogP contribution is 2.33. The van der Waals surface area contributed by atoms with Gasteiger partial charge in [-0.3, -0.25) is 0 Å². The van der Waals surface area contributed by atoms with E-state index in [0.29, 0.717) is 6.04 Å². The lowest BCUT2D eigenvalue weighted by Crippen LogP contribution is -2.06. The number of aromatic nitrogens is 3. The lowest BCUT2D eigenvalue weighted by atomic mass is 10.2. The van der Waals surface area contributed by atoms with E-state index in [1.54, 1.807) is 0 Å². The molecule has 0 unspecified atom stereocenters. The van der Waals surface area contributed by atoms with Crippen LogP contribution >= 0.6 is 22.6 Å². The van der Waals surface area contributed by atoms with Crippen LogP contribution in [0.15, 0.2) is 18.3 Å². The highest BCUT2D eigenvalue weighted by molar-refractivity contribution is 14.1. The number of hydrogen-bond donors (Lipinski definition) is 0. The number of imidazole rings is 1. The van der Waals surface area contributed by atoms with E-state index in [0.717, 1.165) is 9.48 Å². The number of pyridine rings is 1. The van der Waals surface area contributed by atoms with E-state index in [4.69, 9.17) is 0 Å². The van der Waals surface area contributed by atoms with Gasteiger partial charge in [-0.25, -0.2) is 9.97 Å². The molecule has 4 heteroatoms. The lowest BCUT2D eigenvalue weighted by molar-refractivity contribution is 0.521. The molecule has 2 heterocycles. The normalized spacial score (nSPS) is 17.7. The van der Waals surface area contributed by atoms with Crippen molar-refractivity contribution in [3.8, 4) is 0 Å². The SMILES string of the molecule is Ic1nc2ncccc2n1C1CCCC1. The summed E-state index contributed by atoms with van der Waals surface area (Å²) in [4.78, 5) is 8.79. The number of nitrogens with zero attached hydrogens (tertiary/aromatic N) is 3. The molecule has 3 nitrogen and oxygen atoms in total. The van der Waals surface area contributed by atoms with E-state index in [-0.39, 0.29) is 0 Å². The van der Waals surface area contributed by atoms with Gasteiger partial charge in [0.15, 0.2) is 9.48 Å². The van der Waals surface area contributed by atoms with Crippen LogP contribution < -0.4 is 0 Å². The minimum atomic E-state index is 0.645. The Balaban J connectivity index is 2.19. The second kappa shape index (κ2) is 3.73. The van der Waals surface area contributed by atoms with Gasteiger partial charge in [-0.2, -0.15) is 0 Å². The van der Waals surface area contributed by atoms with E-state index in [9.17, 15) is 0 Å². The topological polar surface area (TPSA) is 30.7 Å². The number of fused-ring (bicyclic) bond motifs is 1. The van der Waals surface area contributed by atoms with Crippen molar-refractivity contribution in [1.29, 1.82) is 0 Å². The lowest BCUT2D eigenvalue weighted by Gasteiger charge is -2.13. The summed E-state index contributed by atoms with van der Waals surface area (Å²) >= 11 is 2.32. The molecular formula is C11H12IN3. The zero-order valence-corrected chi connectivity index (χ0v) is 10.5. The van der Waals surface area contributed by atoms with Crippen LogP contribution in [-0.4, -0.2) is 14.5 Å². The van der Waals surface area contributed by atoms with Crippen molar-refractivity contribution in [3.63, 3.8) is 0 Å². The fraction of sp³-hybridized carbons (Fsp3) is 0.455. The molecule has 0 radical (unpaired) electrons. The van der Waals surface area contributed by atoms with E-state index < -0.39 is 0 Å². The van der Waals surface area contributed by atoms with Crippen LogP contribution in [0.25, 0.3) is 11.2 Å². The summed E-state index contributed by atoms with van der Waals surface area (Å²) in [7, 11) is 0. The van der Waals surface area contributed by atoms with Gasteiger partial charge in [0.1, 0.15) is 0 Å². The second-order valence-corrected chi connectivity index (χ2v) is 5.00. The van der Waals surface area contributed by atoms with Crippen LogP contribution in [0.5, 0.6) is 0 Å². The molecule has 0 saturated heterocycles. The van der Waals surface area contributed by atoms with Gasteiger partial charge in [-0.1, -0.05) is 12.8 Å². The van der Waals surface area contributed by atoms with Gasteiger partial charge in [0.2, 0.25) is 0 Å². The van der Waals surface area contributed by atoms with Crippen LogP contribution in [0.3, 0.4) is 0 Å². The largest absolute Gasteiger partial charge is 0.315 e. The first-order valence-corrected chi connectivity index (χ1v) is 6.42. The molecular weight excluding hydrogens is 301 g/mol. The van der Waals surface area contributed by atoms with E-state index >= 15 is 0 Å². The Morgan fingerprint density at radius 3 is 2.93 bits per heavy atom. The van der Waals surface area contributed by atoms with Crippen molar-refractivity contribution in [2.75, 3.05) is 0 Å². The number of halogens is 1. The quantitative estimate of drug-likeness (QED) is 0.757. The molecule has 0 spiro atoms. The maximum absolute atomic E-state index is 4.50. The molecule has 3 rings (SSSR count). The van der Waals surface area contributed by atoms with Crippen LogP contribution in [0, 0.1) is 3.83 Å². The van der Waals surface area contributed by atoms with E-state index in [2.05, 4.69) is 43.2 Å². The predicted octanol–water partition coefficient (Wildman–Crippen LogP) is 3.15. The maximum Gasteiger partial charge on any atom is 0.178 e. The molecule has 15 heavy (non-hydrogen) atoms. The zero-order chi connectivity index (χ0) is 10.3.